The van der Waals surface area contributed by atoms with E-state index in [1.807, 2.05) is 0 Å². The molecule has 0 radical (unpaired) electrons. The lowest BCUT2D eigenvalue weighted by Gasteiger charge is -2.11. The second-order valence-electron chi connectivity index (χ2n) is 4.88. The molecule has 106 valence electrons. The molecule has 1 aliphatic carbocycles. The van der Waals surface area contributed by atoms with Crippen LogP contribution in [0.25, 0.3) is 6.08 Å². The number of hydrogen-bond acceptors (Lipinski definition) is 2. The first-order valence-corrected chi connectivity index (χ1v) is 6.57. The van der Waals surface area contributed by atoms with Crippen molar-refractivity contribution in [2.24, 2.45) is 5.92 Å². The van der Waals surface area contributed by atoms with E-state index in [0.29, 0.717) is 5.56 Å². The molecule has 0 aliphatic heterocycles. The van der Waals surface area contributed by atoms with Crippen LogP contribution in [-0.4, -0.2) is 17.0 Å². The summed E-state index contributed by atoms with van der Waals surface area (Å²) in [6.07, 6.45) is 6.03. The maximum Gasteiger partial charge on any atom is 0.328 e. The van der Waals surface area contributed by atoms with Gasteiger partial charge in [0.05, 0.1) is 5.69 Å². The normalized spacial score (nSPS) is 15.7. The van der Waals surface area contributed by atoms with Crippen molar-refractivity contribution in [2.75, 3.05) is 5.32 Å². The first kappa shape index (κ1) is 14.2. The second-order valence-corrected chi connectivity index (χ2v) is 4.88. The van der Waals surface area contributed by atoms with Gasteiger partial charge in [-0.15, -0.1) is 0 Å². The molecule has 0 spiro atoms. The third-order valence-corrected chi connectivity index (χ3v) is 3.40. The van der Waals surface area contributed by atoms with Gasteiger partial charge in [-0.2, -0.15) is 0 Å². The zero-order valence-corrected chi connectivity index (χ0v) is 10.9. The molecule has 0 aromatic heterocycles. The summed E-state index contributed by atoms with van der Waals surface area (Å²) in [6, 6.07) is 4.21. The Hall–Kier alpha value is -2.17. The van der Waals surface area contributed by atoms with Crippen molar-refractivity contribution >= 4 is 23.6 Å². The zero-order valence-electron chi connectivity index (χ0n) is 10.9. The molecular formula is C15H16FNO3. The number of carbonyl (C=O) groups excluding carboxylic acids is 1. The number of carbonyl (C=O) groups is 2. The number of rotatable bonds is 4. The predicted octanol–water partition coefficient (Wildman–Crippen LogP) is 3.05. The van der Waals surface area contributed by atoms with Crippen LogP contribution in [0.2, 0.25) is 0 Å². The maximum atomic E-state index is 13.8. The van der Waals surface area contributed by atoms with Crippen molar-refractivity contribution < 1.29 is 19.1 Å². The van der Waals surface area contributed by atoms with Gasteiger partial charge in [0.15, 0.2) is 0 Å². The van der Waals surface area contributed by atoms with Crippen LogP contribution in [0.15, 0.2) is 24.3 Å². The van der Waals surface area contributed by atoms with E-state index in [1.165, 1.54) is 18.2 Å². The van der Waals surface area contributed by atoms with Gasteiger partial charge in [-0.3, -0.25) is 4.79 Å². The summed E-state index contributed by atoms with van der Waals surface area (Å²) in [5.41, 5.74) is 0.568. The summed E-state index contributed by atoms with van der Waals surface area (Å²) >= 11 is 0. The standard InChI is InChI=1S/C15H16FNO3/c16-12-9-10(6-8-14(18)19)5-7-13(12)17-15(20)11-3-1-2-4-11/h5-9,11H,1-4H2,(H,17,20)(H,18,19). The molecule has 1 fully saturated rings. The van der Waals surface area contributed by atoms with E-state index >= 15 is 0 Å². The molecule has 4 nitrogen and oxygen atoms in total. The van der Waals surface area contributed by atoms with Crippen LogP contribution < -0.4 is 5.32 Å². The van der Waals surface area contributed by atoms with Gasteiger partial charge in [0, 0.05) is 12.0 Å². The van der Waals surface area contributed by atoms with Crippen LogP contribution in [0.3, 0.4) is 0 Å². The number of nitrogens with one attached hydrogen (secondary N) is 1. The molecule has 0 heterocycles. The minimum atomic E-state index is -1.09. The average Bonchev–Trinajstić information content (AvgIpc) is 2.93. The molecule has 0 saturated heterocycles. The van der Waals surface area contributed by atoms with Crippen LogP contribution in [0, 0.1) is 11.7 Å². The van der Waals surface area contributed by atoms with Gasteiger partial charge < -0.3 is 10.4 Å². The van der Waals surface area contributed by atoms with E-state index in [1.54, 1.807) is 6.07 Å². The van der Waals surface area contributed by atoms with Crippen LogP contribution in [0.1, 0.15) is 31.2 Å². The van der Waals surface area contributed by atoms with Gasteiger partial charge in [0.25, 0.3) is 0 Å². The highest BCUT2D eigenvalue weighted by molar-refractivity contribution is 5.93. The Labute approximate surface area is 116 Å². The monoisotopic (exact) mass is 277 g/mol. The molecule has 0 bridgehead atoms. The summed E-state index contributed by atoms with van der Waals surface area (Å²) in [6.45, 7) is 0. The molecule has 2 rings (SSSR count). The fraction of sp³-hybridized carbons (Fsp3) is 0.333. The van der Waals surface area contributed by atoms with Crippen LogP contribution in [0.4, 0.5) is 10.1 Å². The number of anilines is 1. The van der Waals surface area contributed by atoms with Crippen molar-refractivity contribution in [2.45, 2.75) is 25.7 Å². The highest BCUT2D eigenvalue weighted by atomic mass is 19.1. The Morgan fingerprint density at radius 2 is 2.00 bits per heavy atom. The third-order valence-electron chi connectivity index (χ3n) is 3.40. The minimum absolute atomic E-state index is 0.0269. The van der Waals surface area contributed by atoms with Gasteiger partial charge >= 0.3 is 5.97 Å². The van der Waals surface area contributed by atoms with E-state index in [9.17, 15) is 14.0 Å². The van der Waals surface area contributed by atoms with Crippen molar-refractivity contribution in [1.29, 1.82) is 0 Å². The van der Waals surface area contributed by atoms with Crippen LogP contribution in [0.5, 0.6) is 0 Å². The number of amides is 1. The summed E-state index contributed by atoms with van der Waals surface area (Å²) in [5.74, 6) is -1.83. The average molecular weight is 277 g/mol. The van der Waals surface area contributed by atoms with Crippen molar-refractivity contribution in [3.8, 4) is 0 Å². The van der Waals surface area contributed by atoms with Crippen molar-refractivity contribution in [3.63, 3.8) is 0 Å². The number of carboxylic acids is 1. The number of hydrogen-bond donors (Lipinski definition) is 2. The van der Waals surface area contributed by atoms with Gasteiger partial charge in [0.1, 0.15) is 5.82 Å². The topological polar surface area (TPSA) is 66.4 Å². The number of halogens is 1. The Morgan fingerprint density at radius 1 is 1.30 bits per heavy atom. The summed E-state index contributed by atoms with van der Waals surface area (Å²) in [5, 5.41) is 11.1. The van der Waals surface area contributed by atoms with E-state index in [4.69, 9.17) is 5.11 Å². The fourth-order valence-electron chi connectivity index (χ4n) is 2.33. The van der Waals surface area contributed by atoms with Crippen LogP contribution >= 0.6 is 0 Å². The van der Waals surface area contributed by atoms with Gasteiger partial charge in [-0.05, 0) is 36.6 Å². The minimum Gasteiger partial charge on any atom is -0.478 e. The molecule has 1 aromatic rings. The second kappa shape index (κ2) is 6.32. The van der Waals surface area contributed by atoms with Crippen molar-refractivity contribution in [3.05, 3.63) is 35.7 Å². The first-order valence-electron chi connectivity index (χ1n) is 6.57. The van der Waals surface area contributed by atoms with E-state index in [-0.39, 0.29) is 17.5 Å². The Bertz CT molecular complexity index is 548. The SMILES string of the molecule is O=C(O)C=Cc1ccc(NC(=O)C2CCCC2)c(F)c1. The molecular weight excluding hydrogens is 261 g/mol. The zero-order chi connectivity index (χ0) is 14.5. The third kappa shape index (κ3) is 3.66. The molecule has 1 amide bonds. The molecule has 20 heavy (non-hydrogen) atoms. The largest absolute Gasteiger partial charge is 0.478 e. The molecule has 1 saturated carbocycles. The predicted molar refractivity (Wildman–Crippen MR) is 73.7 cm³/mol. The lowest BCUT2D eigenvalue weighted by molar-refractivity contribution is -0.131. The molecule has 1 aromatic carbocycles. The lowest BCUT2D eigenvalue weighted by Crippen LogP contribution is -2.20. The highest BCUT2D eigenvalue weighted by Gasteiger charge is 2.23. The van der Waals surface area contributed by atoms with Crippen molar-refractivity contribution in [1.82, 2.24) is 0 Å². The van der Waals surface area contributed by atoms with Gasteiger partial charge in [-0.1, -0.05) is 18.9 Å². The quantitative estimate of drug-likeness (QED) is 0.831. The Morgan fingerprint density at radius 3 is 2.60 bits per heavy atom. The highest BCUT2D eigenvalue weighted by Crippen LogP contribution is 2.26. The Kier molecular flexibility index (Phi) is 4.50. The maximum absolute atomic E-state index is 13.8. The van der Waals surface area contributed by atoms with Crippen LogP contribution in [-0.2, 0) is 9.59 Å². The summed E-state index contributed by atoms with van der Waals surface area (Å²) in [7, 11) is 0. The molecule has 0 unspecified atom stereocenters. The van der Waals surface area contributed by atoms with E-state index < -0.39 is 11.8 Å². The fourth-order valence-corrected chi connectivity index (χ4v) is 2.33. The Balaban J connectivity index is 2.05. The molecule has 2 N–H and O–H groups in total. The summed E-state index contributed by atoms with van der Waals surface area (Å²) < 4.78 is 13.8. The number of benzene rings is 1. The first-order chi connectivity index (χ1) is 9.56. The number of aliphatic carboxylic acids is 1. The van der Waals surface area contributed by atoms with E-state index in [0.717, 1.165) is 31.8 Å². The molecule has 1 aliphatic rings. The molecule has 0 atom stereocenters. The van der Waals surface area contributed by atoms with E-state index in [2.05, 4.69) is 5.32 Å². The summed E-state index contributed by atoms with van der Waals surface area (Å²) in [4.78, 5) is 22.3. The van der Waals surface area contributed by atoms with Gasteiger partial charge in [-0.25, -0.2) is 9.18 Å². The number of carboxylic acid groups (broad SMARTS) is 1. The van der Waals surface area contributed by atoms with Gasteiger partial charge in [0.2, 0.25) is 5.91 Å². The lowest BCUT2D eigenvalue weighted by atomic mass is 10.1. The molecule has 5 heteroatoms. The smallest absolute Gasteiger partial charge is 0.328 e.